The highest BCUT2D eigenvalue weighted by atomic mass is 16.3. The van der Waals surface area contributed by atoms with Gasteiger partial charge in [-0.15, -0.1) is 0 Å². The third kappa shape index (κ3) is 3.52. The number of anilines is 1. The van der Waals surface area contributed by atoms with Gasteiger partial charge in [-0.1, -0.05) is 43.2 Å². The van der Waals surface area contributed by atoms with E-state index in [1.54, 1.807) is 6.07 Å². The maximum atomic E-state index is 13.2. The summed E-state index contributed by atoms with van der Waals surface area (Å²) in [7, 11) is 0. The van der Waals surface area contributed by atoms with Gasteiger partial charge in [-0.05, 0) is 43.5 Å². The number of rotatable bonds is 3. The average Bonchev–Trinajstić information content (AvgIpc) is 2.88. The van der Waals surface area contributed by atoms with E-state index in [1.165, 1.54) is 0 Å². The van der Waals surface area contributed by atoms with Crippen LogP contribution in [0.2, 0.25) is 0 Å². The molecular weight excluding hydrogens is 352 g/mol. The number of amides is 2. The number of hydrogen-bond acceptors (Lipinski definition) is 3. The largest absolute Gasteiger partial charge is 0.449 e. The predicted molar refractivity (Wildman–Crippen MR) is 110 cm³/mol. The number of carbonyl (C=O) groups is 2. The highest BCUT2D eigenvalue weighted by molar-refractivity contribution is 6.14. The van der Waals surface area contributed by atoms with Crippen LogP contribution in [0.5, 0.6) is 0 Å². The summed E-state index contributed by atoms with van der Waals surface area (Å²) >= 11 is 0. The highest BCUT2D eigenvalue weighted by Gasteiger charge is 2.27. The fourth-order valence-electron chi connectivity index (χ4n) is 3.75. The zero-order chi connectivity index (χ0) is 19.5. The van der Waals surface area contributed by atoms with Crippen molar-refractivity contribution in [1.29, 1.82) is 0 Å². The van der Waals surface area contributed by atoms with E-state index in [9.17, 15) is 9.59 Å². The van der Waals surface area contributed by atoms with Crippen molar-refractivity contribution in [3.63, 3.8) is 0 Å². The molecule has 1 saturated heterocycles. The number of benzene rings is 2. The van der Waals surface area contributed by atoms with Crippen LogP contribution in [0.25, 0.3) is 11.0 Å². The molecule has 1 aliphatic rings. The minimum atomic E-state index is -0.241. The fraction of sp³-hybridized carbons (Fsp3) is 0.304. The molecular formula is C23H24N2O3. The molecule has 0 bridgehead atoms. The molecule has 0 atom stereocenters. The maximum absolute atomic E-state index is 13.2. The third-order valence-corrected chi connectivity index (χ3v) is 5.31. The Morgan fingerprint density at radius 3 is 2.36 bits per heavy atom. The summed E-state index contributed by atoms with van der Waals surface area (Å²) in [5.41, 5.74) is 2.52. The molecule has 5 heteroatoms. The molecule has 2 amide bonds. The Kier molecular flexibility index (Phi) is 5.15. The number of nitrogens with one attached hydrogen (secondary N) is 1. The Labute approximate surface area is 164 Å². The molecule has 2 aromatic carbocycles. The van der Waals surface area contributed by atoms with Crippen LogP contribution in [0, 0.1) is 6.92 Å². The smallest absolute Gasteiger partial charge is 0.291 e. The molecule has 1 aliphatic heterocycles. The zero-order valence-electron chi connectivity index (χ0n) is 16.0. The molecule has 0 aliphatic carbocycles. The van der Waals surface area contributed by atoms with E-state index in [0.29, 0.717) is 16.8 Å². The van der Waals surface area contributed by atoms with Crippen LogP contribution < -0.4 is 5.32 Å². The molecule has 0 saturated carbocycles. The first-order valence-corrected chi connectivity index (χ1v) is 9.83. The second-order valence-electron chi connectivity index (χ2n) is 7.28. The molecule has 1 N–H and O–H groups in total. The van der Waals surface area contributed by atoms with Gasteiger partial charge in [0.15, 0.2) is 0 Å². The van der Waals surface area contributed by atoms with Crippen molar-refractivity contribution in [2.45, 2.75) is 32.6 Å². The summed E-state index contributed by atoms with van der Waals surface area (Å²) in [4.78, 5) is 28.0. The minimum Gasteiger partial charge on any atom is -0.449 e. The number of aryl methyl sites for hydroxylation is 1. The van der Waals surface area contributed by atoms with Gasteiger partial charge in [0, 0.05) is 24.0 Å². The highest BCUT2D eigenvalue weighted by Crippen LogP contribution is 2.32. The van der Waals surface area contributed by atoms with Gasteiger partial charge in [0.25, 0.3) is 11.8 Å². The lowest BCUT2D eigenvalue weighted by molar-refractivity contribution is 0.0733. The van der Waals surface area contributed by atoms with Crippen molar-refractivity contribution < 1.29 is 14.0 Å². The van der Waals surface area contributed by atoms with E-state index in [1.807, 2.05) is 54.3 Å². The van der Waals surface area contributed by atoms with Gasteiger partial charge in [0.1, 0.15) is 11.3 Å². The first-order valence-electron chi connectivity index (χ1n) is 9.83. The summed E-state index contributed by atoms with van der Waals surface area (Å²) < 4.78 is 5.92. The van der Waals surface area contributed by atoms with Crippen LogP contribution >= 0.6 is 0 Å². The number of para-hydroxylation sites is 1. The molecule has 2 heterocycles. The van der Waals surface area contributed by atoms with Crippen LogP contribution in [0.4, 0.5) is 5.69 Å². The van der Waals surface area contributed by atoms with Gasteiger partial charge in [0.05, 0.1) is 0 Å². The second kappa shape index (κ2) is 7.89. The monoisotopic (exact) mass is 376 g/mol. The standard InChI is InChI=1S/C23H24N2O3/c1-16-10-4-5-11-17(16)22(26)24-20-18-12-6-7-13-19(18)28-21(20)23(27)25-14-8-2-3-9-15-25/h4-7,10-13H,2-3,8-9,14-15H2,1H3,(H,24,26). The Balaban J connectivity index is 1.72. The van der Waals surface area contributed by atoms with Crippen LogP contribution in [0.15, 0.2) is 52.9 Å². The summed E-state index contributed by atoms with van der Waals surface area (Å²) in [5.74, 6) is -0.183. The Morgan fingerprint density at radius 2 is 1.61 bits per heavy atom. The maximum Gasteiger partial charge on any atom is 0.291 e. The molecule has 28 heavy (non-hydrogen) atoms. The minimum absolute atomic E-state index is 0.154. The van der Waals surface area contributed by atoms with E-state index in [4.69, 9.17) is 4.42 Å². The van der Waals surface area contributed by atoms with Crippen LogP contribution in [-0.2, 0) is 0 Å². The molecule has 0 unspecified atom stereocenters. The van der Waals surface area contributed by atoms with Gasteiger partial charge < -0.3 is 14.6 Å². The van der Waals surface area contributed by atoms with E-state index in [2.05, 4.69) is 5.32 Å². The van der Waals surface area contributed by atoms with Crippen molar-refractivity contribution in [2.24, 2.45) is 0 Å². The van der Waals surface area contributed by atoms with E-state index < -0.39 is 0 Å². The molecule has 144 valence electrons. The Hall–Kier alpha value is -3.08. The van der Waals surface area contributed by atoms with Gasteiger partial charge >= 0.3 is 0 Å². The van der Waals surface area contributed by atoms with Gasteiger partial charge in [-0.3, -0.25) is 9.59 Å². The molecule has 0 radical (unpaired) electrons. The van der Waals surface area contributed by atoms with Gasteiger partial charge in [0.2, 0.25) is 5.76 Å². The van der Waals surface area contributed by atoms with Crippen LogP contribution in [0.3, 0.4) is 0 Å². The molecule has 1 fully saturated rings. The molecule has 5 nitrogen and oxygen atoms in total. The van der Waals surface area contributed by atoms with E-state index in [0.717, 1.165) is 49.7 Å². The summed E-state index contributed by atoms with van der Waals surface area (Å²) in [6, 6.07) is 14.8. The predicted octanol–water partition coefficient (Wildman–Crippen LogP) is 5.01. The van der Waals surface area contributed by atoms with Crippen LogP contribution in [0.1, 0.15) is 52.2 Å². The number of likely N-dealkylation sites (tertiary alicyclic amines) is 1. The Morgan fingerprint density at radius 1 is 0.929 bits per heavy atom. The number of nitrogens with zero attached hydrogens (tertiary/aromatic N) is 1. The zero-order valence-corrected chi connectivity index (χ0v) is 16.0. The number of furan rings is 1. The number of fused-ring (bicyclic) bond motifs is 1. The quantitative estimate of drug-likeness (QED) is 0.699. The molecule has 1 aromatic heterocycles. The van der Waals surface area contributed by atoms with E-state index in [-0.39, 0.29) is 17.6 Å². The Bertz CT molecular complexity index is 1010. The summed E-state index contributed by atoms with van der Waals surface area (Å²) in [5, 5.41) is 3.68. The van der Waals surface area contributed by atoms with Crippen LogP contribution in [-0.4, -0.2) is 29.8 Å². The summed E-state index contributed by atoms with van der Waals surface area (Å²) in [6.07, 6.45) is 4.27. The molecule has 3 aromatic rings. The van der Waals surface area contributed by atoms with Crippen molar-refractivity contribution in [3.05, 3.63) is 65.4 Å². The van der Waals surface area contributed by atoms with Crippen molar-refractivity contribution in [2.75, 3.05) is 18.4 Å². The lowest BCUT2D eigenvalue weighted by Gasteiger charge is -2.19. The van der Waals surface area contributed by atoms with Crippen molar-refractivity contribution in [3.8, 4) is 0 Å². The van der Waals surface area contributed by atoms with Gasteiger partial charge in [-0.2, -0.15) is 0 Å². The fourth-order valence-corrected chi connectivity index (χ4v) is 3.75. The third-order valence-electron chi connectivity index (χ3n) is 5.31. The summed E-state index contributed by atoms with van der Waals surface area (Å²) in [6.45, 7) is 3.34. The lowest BCUT2D eigenvalue weighted by atomic mass is 10.1. The molecule has 0 spiro atoms. The van der Waals surface area contributed by atoms with E-state index >= 15 is 0 Å². The van der Waals surface area contributed by atoms with Gasteiger partial charge in [-0.25, -0.2) is 0 Å². The number of carbonyl (C=O) groups excluding carboxylic acids is 2. The second-order valence-corrected chi connectivity index (χ2v) is 7.28. The normalized spacial score (nSPS) is 14.7. The SMILES string of the molecule is Cc1ccccc1C(=O)Nc1c(C(=O)N2CCCCCC2)oc2ccccc12. The first kappa shape index (κ1) is 18.3. The lowest BCUT2D eigenvalue weighted by Crippen LogP contribution is -2.32. The molecule has 4 rings (SSSR count). The van der Waals surface area contributed by atoms with Crippen molar-refractivity contribution in [1.82, 2.24) is 4.90 Å². The first-order chi connectivity index (χ1) is 13.6. The topological polar surface area (TPSA) is 62.6 Å². The number of hydrogen-bond donors (Lipinski definition) is 1. The average molecular weight is 376 g/mol. The van der Waals surface area contributed by atoms with Crippen molar-refractivity contribution >= 4 is 28.5 Å².